The van der Waals surface area contributed by atoms with Crippen molar-refractivity contribution in [2.45, 2.75) is 46.1 Å². The Morgan fingerprint density at radius 3 is 2.46 bits per heavy atom. The Morgan fingerprint density at radius 1 is 1.46 bits per heavy atom. The van der Waals surface area contributed by atoms with Gasteiger partial charge in [0.15, 0.2) is 0 Å². The fourth-order valence-electron chi connectivity index (χ4n) is 1.52. The highest BCUT2D eigenvalue weighted by atomic mass is 15.2. The van der Waals surface area contributed by atoms with Crippen LogP contribution >= 0.6 is 0 Å². The summed E-state index contributed by atoms with van der Waals surface area (Å²) in [5.74, 6) is 0. The van der Waals surface area contributed by atoms with Crippen molar-refractivity contribution in [3.8, 4) is 6.07 Å². The molecule has 0 saturated heterocycles. The van der Waals surface area contributed by atoms with Crippen LogP contribution in [0.1, 0.15) is 40.0 Å². The SMILES string of the molecule is CCN(CCC(C)(C)C#N)C1CC1. The Morgan fingerprint density at radius 2 is 2.08 bits per heavy atom. The first-order valence-electron chi connectivity index (χ1n) is 5.24. The predicted octanol–water partition coefficient (Wildman–Crippen LogP) is 2.41. The molecular formula is C11H20N2. The monoisotopic (exact) mass is 180 g/mol. The minimum Gasteiger partial charge on any atom is -0.301 e. The summed E-state index contributed by atoms with van der Waals surface area (Å²) in [6, 6.07) is 3.19. The molecule has 13 heavy (non-hydrogen) atoms. The Hall–Kier alpha value is -0.550. The average Bonchev–Trinajstić information content (AvgIpc) is 2.89. The molecular weight excluding hydrogens is 160 g/mol. The van der Waals surface area contributed by atoms with E-state index in [9.17, 15) is 0 Å². The standard InChI is InChI=1S/C11H20N2/c1-4-13(10-5-6-10)8-7-11(2,3)9-12/h10H,4-8H2,1-3H3. The first-order valence-corrected chi connectivity index (χ1v) is 5.24. The topological polar surface area (TPSA) is 27.0 Å². The van der Waals surface area contributed by atoms with E-state index >= 15 is 0 Å². The Labute approximate surface area is 81.5 Å². The summed E-state index contributed by atoms with van der Waals surface area (Å²) >= 11 is 0. The fraction of sp³-hybridized carbons (Fsp3) is 0.909. The smallest absolute Gasteiger partial charge is 0.0684 e. The van der Waals surface area contributed by atoms with Gasteiger partial charge in [0, 0.05) is 6.04 Å². The normalized spacial score (nSPS) is 17.5. The molecule has 0 atom stereocenters. The van der Waals surface area contributed by atoms with E-state index in [1.54, 1.807) is 0 Å². The molecule has 0 amide bonds. The van der Waals surface area contributed by atoms with Crippen molar-refractivity contribution in [1.82, 2.24) is 4.90 Å². The van der Waals surface area contributed by atoms with E-state index in [4.69, 9.17) is 5.26 Å². The molecule has 1 fully saturated rings. The van der Waals surface area contributed by atoms with Gasteiger partial charge in [0.2, 0.25) is 0 Å². The van der Waals surface area contributed by atoms with E-state index in [-0.39, 0.29) is 5.41 Å². The van der Waals surface area contributed by atoms with Crippen LogP contribution in [0.25, 0.3) is 0 Å². The van der Waals surface area contributed by atoms with Crippen molar-refractivity contribution in [2.75, 3.05) is 13.1 Å². The van der Waals surface area contributed by atoms with Crippen molar-refractivity contribution >= 4 is 0 Å². The van der Waals surface area contributed by atoms with Crippen LogP contribution in [0.15, 0.2) is 0 Å². The molecule has 2 heteroatoms. The van der Waals surface area contributed by atoms with Gasteiger partial charge in [-0.05, 0) is 46.2 Å². The zero-order chi connectivity index (χ0) is 9.90. The number of rotatable bonds is 5. The minimum atomic E-state index is -0.150. The van der Waals surface area contributed by atoms with Gasteiger partial charge in [-0.1, -0.05) is 6.92 Å². The third-order valence-electron chi connectivity index (χ3n) is 2.80. The highest BCUT2D eigenvalue weighted by Crippen LogP contribution is 2.28. The van der Waals surface area contributed by atoms with Crippen molar-refractivity contribution in [3.05, 3.63) is 0 Å². The van der Waals surface area contributed by atoms with Gasteiger partial charge >= 0.3 is 0 Å². The van der Waals surface area contributed by atoms with Crippen LogP contribution in [-0.2, 0) is 0 Å². The van der Waals surface area contributed by atoms with Crippen molar-refractivity contribution < 1.29 is 0 Å². The third-order valence-corrected chi connectivity index (χ3v) is 2.80. The van der Waals surface area contributed by atoms with Crippen molar-refractivity contribution in [1.29, 1.82) is 5.26 Å². The lowest BCUT2D eigenvalue weighted by molar-refractivity contribution is 0.244. The largest absolute Gasteiger partial charge is 0.301 e. The Bertz CT molecular complexity index is 199. The summed E-state index contributed by atoms with van der Waals surface area (Å²) in [5, 5.41) is 8.87. The summed E-state index contributed by atoms with van der Waals surface area (Å²) < 4.78 is 0. The molecule has 1 rings (SSSR count). The average molecular weight is 180 g/mol. The molecule has 0 aromatic heterocycles. The van der Waals surface area contributed by atoms with Crippen LogP contribution < -0.4 is 0 Å². The summed E-state index contributed by atoms with van der Waals surface area (Å²) in [4.78, 5) is 2.50. The highest BCUT2D eigenvalue weighted by Gasteiger charge is 2.29. The lowest BCUT2D eigenvalue weighted by Gasteiger charge is -2.23. The number of nitrogens with zero attached hydrogens (tertiary/aromatic N) is 2. The van der Waals surface area contributed by atoms with Crippen molar-refractivity contribution in [3.63, 3.8) is 0 Å². The summed E-state index contributed by atoms with van der Waals surface area (Å²) in [5.41, 5.74) is -0.150. The number of hydrogen-bond donors (Lipinski definition) is 0. The van der Waals surface area contributed by atoms with Gasteiger partial charge in [-0.3, -0.25) is 0 Å². The van der Waals surface area contributed by atoms with E-state index in [1.165, 1.54) is 12.8 Å². The second kappa shape index (κ2) is 4.11. The van der Waals surface area contributed by atoms with Gasteiger partial charge in [0.05, 0.1) is 11.5 Å². The van der Waals surface area contributed by atoms with E-state index in [2.05, 4.69) is 17.9 Å². The van der Waals surface area contributed by atoms with Crippen LogP contribution in [-0.4, -0.2) is 24.0 Å². The van der Waals surface area contributed by atoms with Crippen LogP contribution in [0, 0.1) is 16.7 Å². The maximum absolute atomic E-state index is 8.87. The van der Waals surface area contributed by atoms with Gasteiger partial charge < -0.3 is 4.90 Å². The van der Waals surface area contributed by atoms with Gasteiger partial charge in [0.1, 0.15) is 0 Å². The van der Waals surface area contributed by atoms with Crippen molar-refractivity contribution in [2.24, 2.45) is 5.41 Å². The second-order valence-corrected chi connectivity index (χ2v) is 4.61. The third kappa shape index (κ3) is 3.36. The molecule has 2 nitrogen and oxygen atoms in total. The summed E-state index contributed by atoms with van der Waals surface area (Å²) in [6.07, 6.45) is 3.72. The molecule has 0 radical (unpaired) electrons. The van der Waals surface area contributed by atoms with Crippen LogP contribution in [0.5, 0.6) is 0 Å². The van der Waals surface area contributed by atoms with E-state index in [1.807, 2.05) is 13.8 Å². The zero-order valence-electron chi connectivity index (χ0n) is 9.01. The first-order chi connectivity index (χ1) is 6.09. The number of nitriles is 1. The predicted molar refractivity (Wildman–Crippen MR) is 54.3 cm³/mol. The molecule has 1 saturated carbocycles. The fourth-order valence-corrected chi connectivity index (χ4v) is 1.52. The summed E-state index contributed by atoms with van der Waals surface area (Å²) in [7, 11) is 0. The maximum Gasteiger partial charge on any atom is 0.0684 e. The number of hydrogen-bond acceptors (Lipinski definition) is 2. The van der Waals surface area contributed by atoms with Gasteiger partial charge in [-0.25, -0.2) is 0 Å². The quantitative estimate of drug-likeness (QED) is 0.649. The molecule has 0 heterocycles. The molecule has 0 N–H and O–H groups in total. The summed E-state index contributed by atoms with van der Waals surface area (Å²) in [6.45, 7) is 8.47. The Balaban J connectivity index is 2.27. The molecule has 1 aliphatic carbocycles. The van der Waals surface area contributed by atoms with Crippen LogP contribution in [0.3, 0.4) is 0 Å². The molecule has 0 aliphatic heterocycles. The highest BCUT2D eigenvalue weighted by molar-refractivity contribution is 4.93. The van der Waals surface area contributed by atoms with Gasteiger partial charge in [0.25, 0.3) is 0 Å². The van der Waals surface area contributed by atoms with E-state index in [0.717, 1.165) is 25.6 Å². The Kier molecular flexibility index (Phi) is 3.33. The lowest BCUT2D eigenvalue weighted by atomic mass is 9.91. The molecule has 0 aromatic rings. The second-order valence-electron chi connectivity index (χ2n) is 4.61. The molecule has 0 spiro atoms. The first kappa shape index (κ1) is 10.5. The zero-order valence-corrected chi connectivity index (χ0v) is 9.01. The molecule has 0 bridgehead atoms. The van der Waals surface area contributed by atoms with E-state index < -0.39 is 0 Å². The van der Waals surface area contributed by atoms with Gasteiger partial charge in [-0.2, -0.15) is 5.26 Å². The van der Waals surface area contributed by atoms with E-state index in [0.29, 0.717) is 0 Å². The van der Waals surface area contributed by atoms with Gasteiger partial charge in [-0.15, -0.1) is 0 Å². The molecule has 0 aromatic carbocycles. The molecule has 74 valence electrons. The lowest BCUT2D eigenvalue weighted by Crippen LogP contribution is -2.29. The maximum atomic E-state index is 8.87. The minimum absolute atomic E-state index is 0.150. The van der Waals surface area contributed by atoms with Crippen LogP contribution in [0.4, 0.5) is 0 Å². The molecule has 1 aliphatic rings. The molecule has 0 unspecified atom stereocenters. The van der Waals surface area contributed by atoms with Crippen LogP contribution in [0.2, 0.25) is 0 Å².